The summed E-state index contributed by atoms with van der Waals surface area (Å²) >= 11 is 0.980. The Hall–Kier alpha value is -2.02. The molecule has 0 bridgehead atoms. The van der Waals surface area contributed by atoms with Crippen molar-refractivity contribution in [3.63, 3.8) is 0 Å². The van der Waals surface area contributed by atoms with Gasteiger partial charge in [0.05, 0.1) is 5.56 Å². The first kappa shape index (κ1) is 13.4. The maximum atomic E-state index is 12.3. The number of aromatic carboxylic acids is 1. The number of hydrogen-bond donors (Lipinski definition) is 1. The Bertz CT molecular complexity index is 587. The highest BCUT2D eigenvalue weighted by Gasteiger charge is 2.30. The summed E-state index contributed by atoms with van der Waals surface area (Å²) in [6.45, 7) is 0. The molecule has 2 rings (SSSR count). The van der Waals surface area contributed by atoms with E-state index in [4.69, 9.17) is 9.84 Å². The maximum Gasteiger partial charge on any atom is 0.416 e. The topological polar surface area (TPSA) is 46.5 Å². The molecule has 1 N–H and O–H groups in total. The van der Waals surface area contributed by atoms with Crippen LogP contribution in [0.3, 0.4) is 0 Å². The number of thiophene rings is 1. The summed E-state index contributed by atoms with van der Waals surface area (Å²) in [5.41, 5.74) is -0.788. The number of hydrogen-bond acceptors (Lipinski definition) is 3. The molecule has 0 radical (unpaired) electrons. The molecule has 0 fully saturated rings. The Morgan fingerprint density at radius 2 is 1.79 bits per heavy atom. The lowest BCUT2D eigenvalue weighted by Crippen LogP contribution is -2.04. The summed E-state index contributed by atoms with van der Waals surface area (Å²) in [5.74, 6) is -0.886. The number of halogens is 3. The maximum absolute atomic E-state index is 12.3. The fourth-order valence-electron chi connectivity index (χ4n) is 1.37. The summed E-state index contributed by atoms with van der Waals surface area (Å²) in [6.07, 6.45) is -4.41. The third-order valence-corrected chi connectivity index (χ3v) is 3.12. The van der Waals surface area contributed by atoms with E-state index in [1.165, 1.54) is 11.4 Å². The van der Waals surface area contributed by atoms with E-state index < -0.39 is 17.7 Å². The van der Waals surface area contributed by atoms with Crippen LogP contribution in [0.5, 0.6) is 11.5 Å². The molecular formula is C12H7F3O3S. The minimum Gasteiger partial charge on any atom is -0.477 e. The van der Waals surface area contributed by atoms with Crippen LogP contribution in [0.1, 0.15) is 15.2 Å². The Morgan fingerprint density at radius 1 is 1.16 bits per heavy atom. The first-order valence-corrected chi connectivity index (χ1v) is 5.92. The zero-order valence-corrected chi connectivity index (χ0v) is 10.1. The number of ether oxygens (including phenoxy) is 1. The molecule has 0 unspecified atom stereocenters. The fraction of sp³-hybridized carbons (Fsp3) is 0.0833. The van der Waals surface area contributed by atoms with Crippen LogP contribution in [0.25, 0.3) is 0 Å². The Morgan fingerprint density at radius 3 is 2.32 bits per heavy atom. The molecule has 1 aromatic heterocycles. The molecule has 1 heterocycles. The number of carbonyl (C=O) groups is 1. The van der Waals surface area contributed by atoms with Crippen molar-refractivity contribution in [1.29, 1.82) is 0 Å². The number of carboxylic acid groups (broad SMARTS) is 1. The Labute approximate surface area is 109 Å². The van der Waals surface area contributed by atoms with Crippen LogP contribution >= 0.6 is 11.3 Å². The average molecular weight is 288 g/mol. The molecule has 3 nitrogen and oxygen atoms in total. The van der Waals surface area contributed by atoms with Crippen molar-refractivity contribution in [3.05, 3.63) is 46.2 Å². The van der Waals surface area contributed by atoms with Gasteiger partial charge in [0.1, 0.15) is 5.75 Å². The van der Waals surface area contributed by atoms with Crippen LogP contribution in [0.4, 0.5) is 13.2 Å². The summed E-state index contributed by atoms with van der Waals surface area (Å²) in [5, 5.41) is 10.4. The molecule has 0 saturated heterocycles. The second-order valence-electron chi connectivity index (χ2n) is 3.54. The molecule has 0 aliphatic heterocycles. The molecule has 1 aromatic carbocycles. The van der Waals surface area contributed by atoms with Gasteiger partial charge in [-0.15, -0.1) is 11.3 Å². The van der Waals surface area contributed by atoms with Crippen molar-refractivity contribution in [2.24, 2.45) is 0 Å². The smallest absolute Gasteiger partial charge is 0.416 e. The van der Waals surface area contributed by atoms with E-state index in [2.05, 4.69) is 0 Å². The molecule has 0 atom stereocenters. The van der Waals surface area contributed by atoms with Crippen molar-refractivity contribution in [3.8, 4) is 11.5 Å². The summed E-state index contributed by atoms with van der Waals surface area (Å²) < 4.78 is 42.3. The predicted octanol–water partition coefficient (Wildman–Crippen LogP) is 4.26. The van der Waals surface area contributed by atoms with Gasteiger partial charge in [-0.05, 0) is 35.7 Å². The lowest BCUT2D eigenvalue weighted by atomic mass is 10.2. The van der Waals surface area contributed by atoms with E-state index in [-0.39, 0.29) is 16.4 Å². The minimum absolute atomic E-state index is 0.0000945. The molecule has 19 heavy (non-hydrogen) atoms. The van der Waals surface area contributed by atoms with Gasteiger partial charge in [0.25, 0.3) is 0 Å². The van der Waals surface area contributed by atoms with E-state index >= 15 is 0 Å². The van der Waals surface area contributed by atoms with Crippen LogP contribution < -0.4 is 4.74 Å². The quantitative estimate of drug-likeness (QED) is 0.918. The van der Waals surface area contributed by atoms with Crippen LogP contribution in [-0.2, 0) is 6.18 Å². The van der Waals surface area contributed by atoms with E-state index in [0.717, 1.165) is 35.6 Å². The summed E-state index contributed by atoms with van der Waals surface area (Å²) in [4.78, 5) is 10.8. The first-order valence-electron chi connectivity index (χ1n) is 5.04. The van der Waals surface area contributed by atoms with Crippen LogP contribution in [0.2, 0.25) is 0 Å². The van der Waals surface area contributed by atoms with E-state index in [1.54, 1.807) is 0 Å². The third-order valence-electron chi connectivity index (χ3n) is 2.23. The highest BCUT2D eigenvalue weighted by molar-refractivity contribution is 7.12. The first-order chi connectivity index (χ1) is 8.88. The normalized spacial score (nSPS) is 11.3. The molecule has 0 spiro atoms. The lowest BCUT2D eigenvalue weighted by molar-refractivity contribution is -0.137. The number of rotatable bonds is 3. The van der Waals surface area contributed by atoms with Crippen molar-refractivity contribution in [2.45, 2.75) is 6.18 Å². The van der Waals surface area contributed by atoms with Gasteiger partial charge in [0, 0.05) is 0 Å². The van der Waals surface area contributed by atoms with Crippen molar-refractivity contribution in [1.82, 2.24) is 0 Å². The molecular weight excluding hydrogens is 281 g/mol. The van der Waals surface area contributed by atoms with Gasteiger partial charge in [0.2, 0.25) is 0 Å². The highest BCUT2D eigenvalue weighted by Crippen LogP contribution is 2.33. The zero-order chi connectivity index (χ0) is 14.0. The minimum atomic E-state index is -4.41. The second kappa shape index (κ2) is 4.93. The molecule has 100 valence electrons. The zero-order valence-electron chi connectivity index (χ0n) is 9.27. The van der Waals surface area contributed by atoms with Crippen LogP contribution in [0, 0.1) is 0 Å². The second-order valence-corrected chi connectivity index (χ2v) is 4.46. The van der Waals surface area contributed by atoms with Gasteiger partial charge in [-0.3, -0.25) is 0 Å². The van der Waals surface area contributed by atoms with Gasteiger partial charge in [0.15, 0.2) is 10.6 Å². The van der Waals surface area contributed by atoms with Crippen LogP contribution in [0.15, 0.2) is 35.7 Å². The standard InChI is InChI=1S/C12H7F3O3S/c13-12(14,15)7-1-3-8(4-2-7)18-9-5-6-19-10(9)11(16)17/h1-6H,(H,16,17). The van der Waals surface area contributed by atoms with Gasteiger partial charge >= 0.3 is 12.1 Å². The molecule has 0 aliphatic rings. The Balaban J connectivity index is 2.20. The van der Waals surface area contributed by atoms with Crippen molar-refractivity contribution in [2.75, 3.05) is 0 Å². The number of alkyl halides is 3. The number of benzene rings is 1. The van der Waals surface area contributed by atoms with Gasteiger partial charge in [-0.1, -0.05) is 0 Å². The highest BCUT2D eigenvalue weighted by atomic mass is 32.1. The molecule has 0 amide bonds. The predicted molar refractivity (Wildman–Crippen MR) is 62.8 cm³/mol. The van der Waals surface area contributed by atoms with Crippen molar-refractivity contribution < 1.29 is 27.8 Å². The van der Waals surface area contributed by atoms with Crippen LogP contribution in [-0.4, -0.2) is 11.1 Å². The summed E-state index contributed by atoms with van der Waals surface area (Å²) in [6, 6.07) is 5.49. The molecule has 7 heteroatoms. The SMILES string of the molecule is O=C(O)c1sccc1Oc1ccc(C(F)(F)F)cc1. The fourth-order valence-corrected chi connectivity index (χ4v) is 2.03. The molecule has 0 saturated carbocycles. The van der Waals surface area contributed by atoms with E-state index in [9.17, 15) is 18.0 Å². The molecule has 2 aromatic rings. The molecule has 0 aliphatic carbocycles. The van der Waals surface area contributed by atoms with Gasteiger partial charge < -0.3 is 9.84 Å². The summed E-state index contributed by atoms with van der Waals surface area (Å²) in [7, 11) is 0. The van der Waals surface area contributed by atoms with E-state index in [0.29, 0.717) is 0 Å². The largest absolute Gasteiger partial charge is 0.477 e. The van der Waals surface area contributed by atoms with E-state index in [1.807, 2.05) is 0 Å². The van der Waals surface area contributed by atoms with Crippen molar-refractivity contribution >= 4 is 17.3 Å². The average Bonchev–Trinajstić information content (AvgIpc) is 2.77. The van der Waals surface area contributed by atoms with Gasteiger partial charge in [-0.25, -0.2) is 4.79 Å². The monoisotopic (exact) mass is 288 g/mol. The lowest BCUT2D eigenvalue weighted by Gasteiger charge is -2.08. The van der Waals surface area contributed by atoms with Gasteiger partial charge in [-0.2, -0.15) is 13.2 Å². The Kier molecular flexibility index (Phi) is 3.48. The number of carboxylic acids is 1. The third kappa shape index (κ3) is 3.05.